The predicted molar refractivity (Wildman–Crippen MR) is 142 cm³/mol. The molecule has 0 fully saturated rings. The van der Waals surface area contributed by atoms with Gasteiger partial charge in [-0.3, -0.25) is 20.1 Å². The summed E-state index contributed by atoms with van der Waals surface area (Å²) in [6, 6.07) is 12.8. The van der Waals surface area contributed by atoms with Gasteiger partial charge in [-0.05, 0) is 50.0 Å². The average Bonchev–Trinajstić information content (AvgIpc) is 3.52. The van der Waals surface area contributed by atoms with E-state index in [2.05, 4.69) is 30.1 Å². The van der Waals surface area contributed by atoms with Crippen LogP contribution < -0.4 is 4.74 Å². The summed E-state index contributed by atoms with van der Waals surface area (Å²) < 4.78 is 20.3. The van der Waals surface area contributed by atoms with Crippen LogP contribution >= 0.6 is 0 Å². The fourth-order valence-corrected chi connectivity index (χ4v) is 4.38. The van der Waals surface area contributed by atoms with E-state index < -0.39 is 0 Å². The molecule has 9 heteroatoms. The predicted octanol–water partition coefficient (Wildman–Crippen LogP) is 5.31. The van der Waals surface area contributed by atoms with Gasteiger partial charge in [0, 0.05) is 53.1 Å². The molecular formula is C28H24FN7O. The van der Waals surface area contributed by atoms with Gasteiger partial charge >= 0.3 is 0 Å². The van der Waals surface area contributed by atoms with Gasteiger partial charge in [-0.2, -0.15) is 5.10 Å². The number of halogens is 1. The Kier molecular flexibility index (Phi) is 5.82. The largest absolute Gasteiger partial charge is 0.492 e. The third-order valence-electron chi connectivity index (χ3n) is 6.21. The first kappa shape index (κ1) is 22.8. The Morgan fingerprint density at radius 1 is 0.892 bits per heavy atom. The monoisotopic (exact) mass is 493 g/mol. The average molecular weight is 494 g/mol. The van der Waals surface area contributed by atoms with Crippen LogP contribution in [-0.4, -0.2) is 62.3 Å². The van der Waals surface area contributed by atoms with Gasteiger partial charge in [-0.25, -0.2) is 4.39 Å². The highest BCUT2D eigenvalue weighted by molar-refractivity contribution is 6.01. The summed E-state index contributed by atoms with van der Waals surface area (Å²) in [5.41, 5.74) is 6.56. The number of aromatic amines is 2. The molecule has 0 radical (unpaired) electrons. The number of ether oxygens (including phenoxy) is 1. The molecule has 4 aromatic heterocycles. The van der Waals surface area contributed by atoms with E-state index in [0.29, 0.717) is 17.9 Å². The number of nitrogens with one attached hydrogen (secondary N) is 2. The molecule has 2 N–H and O–H groups in total. The number of hydrogen-bond acceptors (Lipinski definition) is 6. The maximum absolute atomic E-state index is 14.5. The molecule has 184 valence electrons. The molecule has 0 bridgehead atoms. The van der Waals surface area contributed by atoms with Crippen LogP contribution in [0.1, 0.15) is 0 Å². The molecule has 8 nitrogen and oxygen atoms in total. The molecule has 0 saturated carbocycles. The molecule has 6 rings (SSSR count). The normalized spacial score (nSPS) is 11.6. The minimum atomic E-state index is -0.361. The standard InChI is InChI=1S/C28H24FN7O/c1-36(2)7-8-37-20-10-18(9-19(29)12-20)23-14-31-16-27-21(23)13-25(33-27)28-22-11-17(3-4-24(22)34-35-28)26-15-30-5-6-32-26/h3-6,9-16,33H,7-8H2,1-2H3,(H,34,35). The van der Waals surface area contributed by atoms with Gasteiger partial charge in [0.1, 0.15) is 23.9 Å². The maximum atomic E-state index is 14.5. The van der Waals surface area contributed by atoms with Crippen molar-refractivity contribution in [2.45, 2.75) is 0 Å². The van der Waals surface area contributed by atoms with Gasteiger partial charge < -0.3 is 14.6 Å². The Bertz CT molecular complexity index is 1710. The van der Waals surface area contributed by atoms with Crippen molar-refractivity contribution in [1.82, 2.24) is 35.0 Å². The molecule has 0 atom stereocenters. The summed E-state index contributed by atoms with van der Waals surface area (Å²) in [4.78, 5) is 18.4. The van der Waals surface area contributed by atoms with Crippen molar-refractivity contribution in [1.29, 1.82) is 0 Å². The summed E-state index contributed by atoms with van der Waals surface area (Å²) in [5, 5.41) is 9.55. The van der Waals surface area contributed by atoms with E-state index in [1.54, 1.807) is 31.0 Å². The van der Waals surface area contributed by atoms with Gasteiger partial charge in [-0.15, -0.1) is 0 Å². The molecule has 0 unspecified atom stereocenters. The van der Waals surface area contributed by atoms with Crippen molar-refractivity contribution in [3.05, 3.63) is 79.3 Å². The first-order chi connectivity index (χ1) is 18.0. The molecule has 0 saturated heterocycles. The molecule has 0 aliphatic heterocycles. The quantitative estimate of drug-likeness (QED) is 0.313. The third-order valence-corrected chi connectivity index (χ3v) is 6.21. The van der Waals surface area contributed by atoms with E-state index in [4.69, 9.17) is 4.74 Å². The highest BCUT2D eigenvalue weighted by Crippen LogP contribution is 2.35. The Balaban J connectivity index is 1.41. The zero-order valence-corrected chi connectivity index (χ0v) is 20.4. The molecule has 4 heterocycles. The van der Waals surface area contributed by atoms with E-state index in [-0.39, 0.29) is 5.82 Å². The topological polar surface area (TPSA) is 95.6 Å². The van der Waals surface area contributed by atoms with Crippen LogP contribution in [0.15, 0.2) is 73.4 Å². The Morgan fingerprint density at radius 2 is 1.81 bits per heavy atom. The molecular weight excluding hydrogens is 469 g/mol. The van der Waals surface area contributed by atoms with Gasteiger partial charge in [0.15, 0.2) is 0 Å². The molecule has 6 aromatic rings. The molecule has 0 spiro atoms. The van der Waals surface area contributed by atoms with Gasteiger partial charge in [0.05, 0.1) is 34.8 Å². The lowest BCUT2D eigenvalue weighted by Crippen LogP contribution is -2.19. The molecule has 37 heavy (non-hydrogen) atoms. The van der Waals surface area contributed by atoms with Gasteiger partial charge in [0.2, 0.25) is 0 Å². The van der Waals surface area contributed by atoms with Crippen molar-refractivity contribution in [3.63, 3.8) is 0 Å². The minimum absolute atomic E-state index is 0.361. The number of nitrogens with zero attached hydrogens (tertiary/aromatic N) is 5. The van der Waals surface area contributed by atoms with Crippen LogP contribution in [0.2, 0.25) is 0 Å². The van der Waals surface area contributed by atoms with Crippen LogP contribution in [0.3, 0.4) is 0 Å². The smallest absolute Gasteiger partial charge is 0.127 e. The van der Waals surface area contributed by atoms with Crippen molar-refractivity contribution < 1.29 is 9.13 Å². The molecule has 0 amide bonds. The molecule has 0 aliphatic carbocycles. The number of benzene rings is 2. The zero-order valence-electron chi connectivity index (χ0n) is 20.4. The fraction of sp³-hybridized carbons (Fsp3) is 0.143. The number of fused-ring (bicyclic) bond motifs is 2. The van der Waals surface area contributed by atoms with Crippen LogP contribution in [0.5, 0.6) is 5.75 Å². The second kappa shape index (κ2) is 9.44. The Morgan fingerprint density at radius 3 is 2.65 bits per heavy atom. The summed E-state index contributed by atoms with van der Waals surface area (Å²) in [6.45, 7) is 1.20. The van der Waals surface area contributed by atoms with Crippen LogP contribution in [0, 0.1) is 5.82 Å². The van der Waals surface area contributed by atoms with E-state index in [9.17, 15) is 4.39 Å². The number of rotatable bonds is 7. The van der Waals surface area contributed by atoms with Crippen LogP contribution in [-0.2, 0) is 0 Å². The first-order valence-electron chi connectivity index (χ1n) is 11.9. The summed E-state index contributed by atoms with van der Waals surface area (Å²) in [7, 11) is 3.94. The van der Waals surface area contributed by atoms with Crippen LogP contribution in [0.4, 0.5) is 4.39 Å². The second-order valence-electron chi connectivity index (χ2n) is 9.08. The lowest BCUT2D eigenvalue weighted by atomic mass is 10.0. The highest BCUT2D eigenvalue weighted by Gasteiger charge is 2.16. The number of hydrogen-bond donors (Lipinski definition) is 2. The summed E-state index contributed by atoms with van der Waals surface area (Å²) >= 11 is 0. The third kappa shape index (κ3) is 4.52. The SMILES string of the molecule is CN(C)CCOc1cc(F)cc(-c2cncc3[nH]c(-c4n[nH]c5ccc(-c6cnccn6)cc45)cc23)c1. The zero-order chi connectivity index (χ0) is 25.4. The number of pyridine rings is 1. The van der Waals surface area contributed by atoms with Crippen molar-refractivity contribution in [2.75, 3.05) is 27.2 Å². The summed E-state index contributed by atoms with van der Waals surface area (Å²) in [5.74, 6) is 0.124. The second-order valence-corrected chi connectivity index (χ2v) is 9.08. The minimum Gasteiger partial charge on any atom is -0.492 e. The van der Waals surface area contributed by atoms with Crippen molar-refractivity contribution in [2.24, 2.45) is 0 Å². The van der Waals surface area contributed by atoms with E-state index in [1.807, 2.05) is 49.3 Å². The Labute approximate surface area is 212 Å². The number of H-pyrrole nitrogens is 2. The van der Waals surface area contributed by atoms with Crippen LogP contribution in [0.25, 0.3) is 55.6 Å². The number of aromatic nitrogens is 6. The van der Waals surface area contributed by atoms with Crippen molar-refractivity contribution >= 4 is 21.8 Å². The van der Waals surface area contributed by atoms with E-state index in [1.165, 1.54) is 12.1 Å². The summed E-state index contributed by atoms with van der Waals surface area (Å²) in [6.07, 6.45) is 8.56. The van der Waals surface area contributed by atoms with Crippen molar-refractivity contribution in [3.8, 4) is 39.5 Å². The van der Waals surface area contributed by atoms with E-state index >= 15 is 0 Å². The van der Waals surface area contributed by atoms with Gasteiger partial charge in [0.25, 0.3) is 0 Å². The molecule has 2 aromatic carbocycles. The van der Waals surface area contributed by atoms with Gasteiger partial charge in [-0.1, -0.05) is 6.07 Å². The fourth-order valence-electron chi connectivity index (χ4n) is 4.38. The maximum Gasteiger partial charge on any atom is 0.127 e. The Hall–Kier alpha value is -4.63. The number of likely N-dealkylation sites (N-methyl/N-ethyl adjacent to an activating group) is 1. The lowest BCUT2D eigenvalue weighted by Gasteiger charge is -2.12. The van der Waals surface area contributed by atoms with E-state index in [0.717, 1.165) is 56.6 Å². The first-order valence-corrected chi connectivity index (χ1v) is 11.9. The highest BCUT2D eigenvalue weighted by atomic mass is 19.1. The molecule has 0 aliphatic rings. The lowest BCUT2D eigenvalue weighted by molar-refractivity contribution is 0.260.